The Balaban J connectivity index is 2.94. The molecule has 1 aromatic rings. The lowest BCUT2D eigenvalue weighted by molar-refractivity contribution is 0.602. The Kier molecular flexibility index (Phi) is 3.74. The molecule has 0 radical (unpaired) electrons. The van der Waals surface area contributed by atoms with Gasteiger partial charge in [-0.3, -0.25) is 0 Å². The lowest BCUT2D eigenvalue weighted by Gasteiger charge is -2.13. The van der Waals surface area contributed by atoms with Gasteiger partial charge in [0.15, 0.2) is 9.84 Å². The van der Waals surface area contributed by atoms with Crippen LogP contribution in [0, 0.1) is 0 Å². The lowest BCUT2D eigenvalue weighted by Crippen LogP contribution is -2.13. The molecule has 0 aliphatic carbocycles. The normalized spacial score (nSPS) is 13.5. The van der Waals surface area contributed by atoms with Gasteiger partial charge in [-0.15, -0.1) is 0 Å². The van der Waals surface area contributed by atoms with Gasteiger partial charge in [-0.25, -0.2) is 8.42 Å². The highest BCUT2D eigenvalue weighted by molar-refractivity contribution is 7.90. The van der Waals surface area contributed by atoms with Crippen molar-refractivity contribution in [2.45, 2.75) is 31.2 Å². The zero-order chi connectivity index (χ0) is 11.5. The third-order valence-corrected chi connectivity index (χ3v) is 3.40. The van der Waals surface area contributed by atoms with Crippen molar-refractivity contribution in [1.29, 1.82) is 0 Å². The monoisotopic (exact) mass is 227 g/mol. The van der Waals surface area contributed by atoms with Crippen LogP contribution in [0.3, 0.4) is 0 Å². The highest BCUT2D eigenvalue weighted by Gasteiger charge is 2.07. The Morgan fingerprint density at radius 1 is 1.40 bits per heavy atom. The molecule has 0 bridgehead atoms. The predicted molar refractivity (Wildman–Crippen MR) is 62.9 cm³/mol. The van der Waals surface area contributed by atoms with Crippen LogP contribution in [-0.4, -0.2) is 20.7 Å². The molecule has 1 rings (SSSR count). The summed E-state index contributed by atoms with van der Waals surface area (Å²) in [5.41, 5.74) is 0.854. The molecule has 0 aliphatic rings. The van der Waals surface area contributed by atoms with Crippen LogP contribution in [0.25, 0.3) is 0 Å². The molecule has 4 heteroatoms. The molecule has 0 amide bonds. The quantitative estimate of drug-likeness (QED) is 0.858. The van der Waals surface area contributed by atoms with E-state index in [1.54, 1.807) is 18.2 Å². The second kappa shape index (κ2) is 4.66. The van der Waals surface area contributed by atoms with Crippen LogP contribution in [0.5, 0.6) is 0 Å². The Morgan fingerprint density at radius 2 is 2.07 bits per heavy atom. The van der Waals surface area contributed by atoms with Gasteiger partial charge in [0.1, 0.15) is 0 Å². The van der Waals surface area contributed by atoms with Crippen molar-refractivity contribution in [3.8, 4) is 0 Å². The minimum atomic E-state index is -3.11. The number of benzene rings is 1. The van der Waals surface area contributed by atoms with Crippen LogP contribution in [0.4, 0.5) is 5.69 Å². The number of sulfone groups is 1. The fourth-order valence-corrected chi connectivity index (χ4v) is 1.87. The van der Waals surface area contributed by atoms with Crippen LogP contribution in [-0.2, 0) is 9.84 Å². The summed E-state index contributed by atoms with van der Waals surface area (Å²) >= 11 is 0. The number of hydrogen-bond acceptors (Lipinski definition) is 3. The van der Waals surface area contributed by atoms with Crippen molar-refractivity contribution in [2.24, 2.45) is 0 Å². The third-order valence-electron chi connectivity index (χ3n) is 2.29. The van der Waals surface area contributed by atoms with Gasteiger partial charge in [-0.2, -0.15) is 0 Å². The zero-order valence-corrected chi connectivity index (χ0v) is 10.1. The maximum absolute atomic E-state index is 11.3. The second-order valence-corrected chi connectivity index (χ2v) is 5.77. The van der Waals surface area contributed by atoms with E-state index in [0.717, 1.165) is 12.1 Å². The Labute approximate surface area is 91.4 Å². The molecule has 0 fully saturated rings. The molecule has 15 heavy (non-hydrogen) atoms. The van der Waals surface area contributed by atoms with Gasteiger partial charge in [0.05, 0.1) is 4.90 Å². The highest BCUT2D eigenvalue weighted by Crippen LogP contribution is 2.16. The van der Waals surface area contributed by atoms with Crippen molar-refractivity contribution in [3.63, 3.8) is 0 Å². The maximum Gasteiger partial charge on any atom is 0.175 e. The van der Waals surface area contributed by atoms with Crippen molar-refractivity contribution >= 4 is 15.5 Å². The van der Waals surface area contributed by atoms with Crippen LogP contribution in [0.15, 0.2) is 29.2 Å². The lowest BCUT2D eigenvalue weighted by atomic mass is 10.2. The summed E-state index contributed by atoms with van der Waals surface area (Å²) in [4.78, 5) is 0.357. The molecule has 0 saturated carbocycles. The summed E-state index contributed by atoms with van der Waals surface area (Å²) in [6.45, 7) is 4.14. The minimum Gasteiger partial charge on any atom is -0.383 e. The van der Waals surface area contributed by atoms with Gasteiger partial charge in [0.2, 0.25) is 0 Å². The van der Waals surface area contributed by atoms with Crippen molar-refractivity contribution < 1.29 is 8.42 Å². The molecular weight excluding hydrogens is 210 g/mol. The summed E-state index contributed by atoms with van der Waals surface area (Å²) in [5, 5.41) is 3.24. The Hall–Kier alpha value is -1.03. The largest absolute Gasteiger partial charge is 0.383 e. The number of hydrogen-bond donors (Lipinski definition) is 1. The molecule has 0 aromatic heterocycles. The molecular formula is C11H17NO2S. The van der Waals surface area contributed by atoms with Crippen molar-refractivity contribution in [3.05, 3.63) is 24.3 Å². The van der Waals surface area contributed by atoms with Gasteiger partial charge in [0, 0.05) is 18.0 Å². The van der Waals surface area contributed by atoms with Gasteiger partial charge in [-0.05, 0) is 31.5 Å². The van der Waals surface area contributed by atoms with E-state index < -0.39 is 9.84 Å². The first-order valence-corrected chi connectivity index (χ1v) is 6.89. The van der Waals surface area contributed by atoms with E-state index in [1.165, 1.54) is 6.26 Å². The maximum atomic E-state index is 11.3. The first kappa shape index (κ1) is 12.0. The fourth-order valence-electron chi connectivity index (χ4n) is 1.20. The smallest absolute Gasteiger partial charge is 0.175 e. The van der Waals surface area contributed by atoms with Crippen molar-refractivity contribution in [1.82, 2.24) is 0 Å². The molecule has 0 saturated heterocycles. The molecule has 84 valence electrons. The average molecular weight is 227 g/mol. The summed E-state index contributed by atoms with van der Waals surface area (Å²) in [6.07, 6.45) is 2.22. The van der Waals surface area contributed by atoms with E-state index in [2.05, 4.69) is 19.2 Å². The van der Waals surface area contributed by atoms with Crippen molar-refractivity contribution in [2.75, 3.05) is 11.6 Å². The minimum absolute atomic E-state index is 0.347. The SMILES string of the molecule is CCC(C)Nc1cccc(S(C)(=O)=O)c1. The van der Waals surface area contributed by atoms with Gasteiger partial charge in [-0.1, -0.05) is 13.0 Å². The summed E-state index contributed by atoms with van der Waals surface area (Å²) < 4.78 is 22.6. The average Bonchev–Trinajstić information content (AvgIpc) is 2.17. The summed E-state index contributed by atoms with van der Waals surface area (Å²) in [5.74, 6) is 0. The zero-order valence-electron chi connectivity index (χ0n) is 9.32. The van der Waals surface area contributed by atoms with E-state index in [-0.39, 0.29) is 0 Å². The molecule has 3 nitrogen and oxygen atoms in total. The van der Waals surface area contributed by atoms with E-state index in [4.69, 9.17) is 0 Å². The van der Waals surface area contributed by atoms with Crippen LogP contribution in [0.1, 0.15) is 20.3 Å². The van der Waals surface area contributed by atoms with Gasteiger partial charge in [0.25, 0.3) is 0 Å². The van der Waals surface area contributed by atoms with Crippen LogP contribution < -0.4 is 5.32 Å². The first-order valence-electron chi connectivity index (χ1n) is 5.00. The van der Waals surface area contributed by atoms with Crippen LogP contribution >= 0.6 is 0 Å². The Morgan fingerprint density at radius 3 is 2.60 bits per heavy atom. The molecule has 0 aliphatic heterocycles. The molecule has 1 N–H and O–H groups in total. The molecule has 1 aromatic carbocycles. The van der Waals surface area contributed by atoms with E-state index in [9.17, 15) is 8.42 Å². The van der Waals surface area contributed by atoms with Gasteiger partial charge >= 0.3 is 0 Å². The third kappa shape index (κ3) is 3.55. The number of anilines is 1. The van der Waals surface area contributed by atoms with E-state index >= 15 is 0 Å². The predicted octanol–water partition coefficient (Wildman–Crippen LogP) is 2.30. The Bertz CT molecular complexity index is 426. The number of nitrogens with one attached hydrogen (secondary N) is 1. The molecule has 0 spiro atoms. The van der Waals surface area contributed by atoms with E-state index in [0.29, 0.717) is 10.9 Å². The fraction of sp³-hybridized carbons (Fsp3) is 0.455. The highest BCUT2D eigenvalue weighted by atomic mass is 32.2. The second-order valence-electron chi connectivity index (χ2n) is 3.75. The van der Waals surface area contributed by atoms with Gasteiger partial charge < -0.3 is 5.32 Å². The molecule has 0 heterocycles. The van der Waals surface area contributed by atoms with Crippen LogP contribution in [0.2, 0.25) is 0 Å². The first-order chi connectivity index (χ1) is 6.93. The number of rotatable bonds is 4. The topological polar surface area (TPSA) is 46.2 Å². The molecule has 1 atom stereocenters. The van der Waals surface area contributed by atoms with E-state index in [1.807, 2.05) is 6.07 Å². The molecule has 1 unspecified atom stereocenters. The summed E-state index contributed by atoms with van der Waals surface area (Å²) in [7, 11) is -3.11. The summed E-state index contributed by atoms with van der Waals surface area (Å²) in [6, 6.07) is 7.25. The standard InChI is InChI=1S/C11H17NO2S/c1-4-9(2)12-10-6-5-7-11(8-10)15(3,13)14/h5-9,12H,4H2,1-3H3.